The fourth-order valence-electron chi connectivity index (χ4n) is 3.66. The highest BCUT2D eigenvalue weighted by molar-refractivity contribution is 7.98. The molecule has 0 saturated heterocycles. The Morgan fingerprint density at radius 2 is 1.97 bits per heavy atom. The number of fused-ring (bicyclic) bond motifs is 1. The number of aromatic nitrogens is 4. The van der Waals surface area contributed by atoms with Gasteiger partial charge in [0.2, 0.25) is 6.79 Å². The molecular weight excluding hydrogens is 448 g/mol. The highest BCUT2D eigenvalue weighted by atomic mass is 32.2. The third-order valence-electron chi connectivity index (χ3n) is 5.25. The fourth-order valence-corrected chi connectivity index (χ4v) is 6.42. The van der Waals surface area contributed by atoms with Crippen molar-refractivity contribution in [1.29, 1.82) is 0 Å². The molecule has 5 rings (SSSR count). The largest absolute Gasteiger partial charge is 0.454 e. The molecule has 0 unspecified atom stereocenters. The van der Waals surface area contributed by atoms with Crippen molar-refractivity contribution in [3.05, 3.63) is 45.1 Å². The van der Waals surface area contributed by atoms with E-state index in [2.05, 4.69) is 46.3 Å². The van der Waals surface area contributed by atoms with Crippen LogP contribution in [0.15, 0.2) is 34.1 Å². The smallest absolute Gasteiger partial charge is 0.231 e. The summed E-state index contributed by atoms with van der Waals surface area (Å²) in [5, 5.41) is 15.3. The summed E-state index contributed by atoms with van der Waals surface area (Å²) in [5.74, 6) is 3.29. The van der Waals surface area contributed by atoms with Crippen LogP contribution in [-0.4, -0.2) is 26.5 Å². The minimum Gasteiger partial charge on any atom is -0.454 e. The molecule has 0 amide bonds. The Balaban J connectivity index is 1.33. The summed E-state index contributed by atoms with van der Waals surface area (Å²) in [7, 11) is 0. The topological polar surface area (TPSA) is 62.1 Å². The van der Waals surface area contributed by atoms with Crippen molar-refractivity contribution in [2.75, 3.05) is 6.79 Å². The predicted molar refractivity (Wildman–Crippen MR) is 126 cm³/mol. The molecule has 0 atom stereocenters. The van der Waals surface area contributed by atoms with Crippen molar-refractivity contribution < 1.29 is 9.47 Å². The van der Waals surface area contributed by atoms with Crippen LogP contribution < -0.4 is 9.47 Å². The fraction of sp³-hybridized carbons (Fsp3) is 0.318. The Kier molecular flexibility index (Phi) is 5.73. The van der Waals surface area contributed by atoms with Gasteiger partial charge in [-0.1, -0.05) is 18.7 Å². The van der Waals surface area contributed by atoms with Gasteiger partial charge in [-0.2, -0.15) is 0 Å². The van der Waals surface area contributed by atoms with Crippen LogP contribution in [0.4, 0.5) is 0 Å². The van der Waals surface area contributed by atoms with E-state index >= 15 is 0 Å². The third-order valence-corrected chi connectivity index (χ3v) is 8.15. The van der Waals surface area contributed by atoms with Gasteiger partial charge in [0.05, 0.1) is 5.69 Å². The van der Waals surface area contributed by atoms with Gasteiger partial charge in [-0.15, -0.1) is 32.9 Å². The van der Waals surface area contributed by atoms with E-state index in [9.17, 15) is 0 Å². The van der Waals surface area contributed by atoms with Crippen LogP contribution in [0.1, 0.15) is 30.0 Å². The molecule has 9 heteroatoms. The summed E-state index contributed by atoms with van der Waals surface area (Å²) in [6, 6.07) is 5.96. The molecule has 4 heterocycles. The van der Waals surface area contributed by atoms with Gasteiger partial charge < -0.3 is 14.0 Å². The Hall–Kier alpha value is -2.36. The minimum atomic E-state index is 0.281. The SMILES string of the molecule is CCc1c(-c2nnc(SCc3csc(-c4ccc5c(c4)OCO5)n3)n2CC)csc1C. The van der Waals surface area contributed by atoms with Crippen LogP contribution in [0.25, 0.3) is 22.0 Å². The molecule has 0 N–H and O–H groups in total. The summed E-state index contributed by atoms with van der Waals surface area (Å²) < 4.78 is 13.1. The molecule has 4 aromatic rings. The lowest BCUT2D eigenvalue weighted by Gasteiger charge is -2.07. The summed E-state index contributed by atoms with van der Waals surface area (Å²) in [6.45, 7) is 7.63. The number of ether oxygens (including phenoxy) is 2. The summed E-state index contributed by atoms with van der Waals surface area (Å²) >= 11 is 5.11. The minimum absolute atomic E-state index is 0.281. The monoisotopic (exact) mass is 470 g/mol. The Morgan fingerprint density at radius 1 is 1.10 bits per heavy atom. The van der Waals surface area contributed by atoms with Crippen molar-refractivity contribution in [3.8, 4) is 33.5 Å². The van der Waals surface area contributed by atoms with Crippen LogP contribution in [0, 0.1) is 6.92 Å². The summed E-state index contributed by atoms with van der Waals surface area (Å²) in [5.41, 5.74) is 4.67. The van der Waals surface area contributed by atoms with E-state index in [0.29, 0.717) is 0 Å². The predicted octanol–water partition coefficient (Wildman–Crippen LogP) is 6.04. The Bertz CT molecular complexity index is 1230. The maximum Gasteiger partial charge on any atom is 0.231 e. The van der Waals surface area contributed by atoms with Crippen molar-refractivity contribution >= 4 is 34.4 Å². The van der Waals surface area contributed by atoms with E-state index in [1.54, 1.807) is 34.4 Å². The van der Waals surface area contributed by atoms with Crippen LogP contribution >= 0.6 is 34.4 Å². The first-order valence-corrected chi connectivity index (χ1v) is 12.9. The second kappa shape index (κ2) is 8.64. The second-order valence-electron chi connectivity index (χ2n) is 7.09. The number of aryl methyl sites for hydroxylation is 1. The van der Waals surface area contributed by atoms with E-state index in [1.165, 1.54) is 16.0 Å². The molecule has 160 valence electrons. The lowest BCUT2D eigenvalue weighted by Crippen LogP contribution is -2.00. The van der Waals surface area contributed by atoms with Crippen LogP contribution in [-0.2, 0) is 18.7 Å². The van der Waals surface area contributed by atoms with Gasteiger partial charge in [0, 0.05) is 39.1 Å². The molecule has 1 aliphatic rings. The van der Waals surface area contributed by atoms with Crippen LogP contribution in [0.2, 0.25) is 0 Å². The van der Waals surface area contributed by atoms with Gasteiger partial charge >= 0.3 is 0 Å². The molecule has 1 aromatic carbocycles. The number of rotatable bonds is 7. The average Bonchev–Trinajstić information content (AvgIpc) is 3.56. The first-order chi connectivity index (χ1) is 15.2. The van der Waals surface area contributed by atoms with Crippen molar-refractivity contribution in [3.63, 3.8) is 0 Å². The number of thioether (sulfide) groups is 1. The Labute approximate surface area is 193 Å². The summed E-state index contributed by atoms with van der Waals surface area (Å²) in [4.78, 5) is 6.18. The average molecular weight is 471 g/mol. The van der Waals surface area contributed by atoms with E-state index in [1.807, 2.05) is 18.2 Å². The third kappa shape index (κ3) is 3.86. The summed E-state index contributed by atoms with van der Waals surface area (Å²) in [6.07, 6.45) is 1.01. The number of thiophene rings is 1. The molecule has 3 aromatic heterocycles. The van der Waals surface area contributed by atoms with E-state index in [4.69, 9.17) is 14.5 Å². The zero-order valence-corrected chi connectivity index (χ0v) is 20.0. The van der Waals surface area contributed by atoms with Gasteiger partial charge in [0.15, 0.2) is 22.5 Å². The molecule has 0 spiro atoms. The molecule has 6 nitrogen and oxygen atoms in total. The van der Waals surface area contributed by atoms with E-state index in [-0.39, 0.29) is 6.79 Å². The quantitative estimate of drug-likeness (QED) is 0.307. The molecular formula is C22H22N4O2S3. The molecule has 0 aliphatic carbocycles. The maximum absolute atomic E-state index is 5.49. The number of hydrogen-bond acceptors (Lipinski definition) is 8. The molecule has 0 bridgehead atoms. The molecule has 31 heavy (non-hydrogen) atoms. The number of benzene rings is 1. The van der Waals surface area contributed by atoms with Gasteiger partial charge in [0.25, 0.3) is 0 Å². The molecule has 0 saturated carbocycles. The second-order valence-corrected chi connectivity index (χ2v) is 9.97. The highest BCUT2D eigenvalue weighted by Crippen LogP contribution is 2.37. The zero-order chi connectivity index (χ0) is 21.4. The standard InChI is InChI=1S/C22H22N4O2S3/c1-4-16-13(3)29-11-17(16)20-24-25-22(26(20)5-2)31-10-15-9-30-21(23-15)14-6-7-18-19(8-14)28-12-27-18/h6-9,11H,4-5,10,12H2,1-3H3. The lowest BCUT2D eigenvalue weighted by molar-refractivity contribution is 0.174. The van der Waals surface area contributed by atoms with Crippen LogP contribution in [0.5, 0.6) is 11.5 Å². The van der Waals surface area contributed by atoms with E-state index in [0.717, 1.165) is 57.5 Å². The number of nitrogens with zero attached hydrogens (tertiary/aromatic N) is 4. The van der Waals surface area contributed by atoms with E-state index < -0.39 is 0 Å². The van der Waals surface area contributed by atoms with Gasteiger partial charge in [0.1, 0.15) is 5.01 Å². The first-order valence-electron chi connectivity index (χ1n) is 10.2. The van der Waals surface area contributed by atoms with Crippen LogP contribution in [0.3, 0.4) is 0 Å². The van der Waals surface area contributed by atoms with Crippen molar-refractivity contribution in [2.45, 2.75) is 44.6 Å². The Morgan fingerprint density at radius 3 is 2.81 bits per heavy atom. The molecule has 0 radical (unpaired) electrons. The molecule has 1 aliphatic heterocycles. The molecule has 0 fully saturated rings. The van der Waals surface area contributed by atoms with Gasteiger partial charge in [-0.3, -0.25) is 0 Å². The van der Waals surface area contributed by atoms with Gasteiger partial charge in [-0.25, -0.2) is 4.98 Å². The normalized spacial score (nSPS) is 12.6. The first kappa shape index (κ1) is 20.5. The van der Waals surface area contributed by atoms with Crippen molar-refractivity contribution in [1.82, 2.24) is 19.7 Å². The van der Waals surface area contributed by atoms with Gasteiger partial charge in [-0.05, 0) is 44.0 Å². The van der Waals surface area contributed by atoms with Crippen molar-refractivity contribution in [2.24, 2.45) is 0 Å². The maximum atomic E-state index is 5.49. The zero-order valence-electron chi connectivity index (χ0n) is 17.5. The highest BCUT2D eigenvalue weighted by Gasteiger charge is 2.19. The lowest BCUT2D eigenvalue weighted by atomic mass is 10.1. The number of thiazole rings is 1. The number of hydrogen-bond donors (Lipinski definition) is 0.